The Bertz CT molecular complexity index is 30.0. The first-order valence-electron chi connectivity index (χ1n) is 1.74. The van der Waals surface area contributed by atoms with E-state index in [1.807, 2.05) is 0 Å². The minimum atomic E-state index is 0.444. The van der Waals surface area contributed by atoms with Crippen molar-refractivity contribution >= 4 is 23.7 Å². The Kier molecular flexibility index (Phi) is 22.0. The topological polar surface area (TPSA) is 70.5 Å². The highest BCUT2D eigenvalue weighted by Crippen LogP contribution is 1.78. The molecule has 0 heterocycles. The molecule has 0 unspecified atom stereocenters. The predicted octanol–water partition coefficient (Wildman–Crippen LogP) is 0.146. The fraction of sp³-hybridized carbons (Fsp3) is 1.00. The second-order valence-electron chi connectivity index (χ2n) is 0.718. The summed E-state index contributed by atoms with van der Waals surface area (Å²) >= 11 is 8.53. The molecular formula is C2H8Cl2N2O2. The lowest BCUT2D eigenvalue weighted by Crippen LogP contribution is -2.11. The fourth-order valence-electron chi connectivity index (χ4n) is 0.0680. The smallest absolute Gasteiger partial charge is 0.0832 e. The number of hydrogen-bond acceptors (Lipinski definition) is 4. The van der Waals surface area contributed by atoms with Crippen LogP contribution in [0.3, 0.4) is 0 Å². The Labute approximate surface area is 57.9 Å². The van der Waals surface area contributed by atoms with E-state index in [0.29, 0.717) is 13.2 Å². The summed E-state index contributed by atoms with van der Waals surface area (Å²) in [5.41, 5.74) is 4.93. The van der Waals surface area contributed by atoms with Crippen LogP contribution in [0, 0.1) is 0 Å². The third kappa shape index (κ3) is 32.2. The van der Waals surface area contributed by atoms with Crippen LogP contribution in [-0.2, 0) is 8.68 Å². The number of hydrogen-bond donors (Lipinski definition) is 2. The van der Waals surface area contributed by atoms with Gasteiger partial charge in [0.25, 0.3) is 0 Å². The van der Waals surface area contributed by atoms with Crippen molar-refractivity contribution in [2.75, 3.05) is 13.2 Å². The highest BCUT2D eigenvalue weighted by Gasteiger charge is 1.66. The highest BCUT2D eigenvalue weighted by molar-refractivity contribution is 6.24. The van der Waals surface area contributed by atoms with Gasteiger partial charge in [-0.3, -0.25) is 0 Å². The average Bonchev–Trinajstić information content (AvgIpc) is 1.71. The number of halogens is 2. The third-order valence-electron chi connectivity index (χ3n) is 0.236. The molecular weight excluding hydrogens is 155 g/mol. The summed E-state index contributed by atoms with van der Waals surface area (Å²) in [7, 11) is 0. The lowest BCUT2D eigenvalue weighted by Gasteiger charge is -1.84. The van der Waals surface area contributed by atoms with Gasteiger partial charge in [0, 0.05) is 6.54 Å². The van der Waals surface area contributed by atoms with Gasteiger partial charge in [0.05, 0.1) is 30.3 Å². The van der Waals surface area contributed by atoms with Crippen molar-refractivity contribution in [2.45, 2.75) is 0 Å². The van der Waals surface area contributed by atoms with Crippen molar-refractivity contribution in [1.82, 2.24) is 0 Å². The third-order valence-corrected chi connectivity index (χ3v) is 0.236. The number of rotatable bonds is 2. The molecule has 0 radical (unpaired) electrons. The largest absolute Gasteiger partial charge is 0.328 e. The van der Waals surface area contributed by atoms with Gasteiger partial charge >= 0.3 is 0 Å². The first kappa shape index (κ1) is 11.2. The molecule has 4 nitrogen and oxygen atoms in total. The van der Waals surface area contributed by atoms with Gasteiger partial charge in [0.15, 0.2) is 0 Å². The van der Waals surface area contributed by atoms with Crippen molar-refractivity contribution in [1.29, 1.82) is 0 Å². The highest BCUT2D eigenvalue weighted by atomic mass is 35.6. The van der Waals surface area contributed by atoms with Crippen LogP contribution in [0.2, 0.25) is 0 Å². The van der Waals surface area contributed by atoms with Gasteiger partial charge in [0.2, 0.25) is 0 Å². The van der Waals surface area contributed by atoms with Gasteiger partial charge in [-0.2, -0.15) is 3.84 Å². The van der Waals surface area contributed by atoms with Gasteiger partial charge in [-0.05, 0) is 0 Å². The lowest BCUT2D eigenvalue weighted by molar-refractivity contribution is 0.146. The van der Waals surface area contributed by atoms with E-state index in [1.165, 1.54) is 0 Å². The molecule has 0 saturated heterocycles. The molecule has 0 bridgehead atoms. The van der Waals surface area contributed by atoms with Crippen LogP contribution in [0.25, 0.3) is 0 Å². The van der Waals surface area contributed by atoms with E-state index < -0.39 is 0 Å². The monoisotopic (exact) mass is 162 g/mol. The molecule has 0 rings (SSSR count). The molecule has 0 aromatic carbocycles. The van der Waals surface area contributed by atoms with Crippen LogP contribution < -0.4 is 11.6 Å². The molecule has 8 heavy (non-hydrogen) atoms. The summed E-state index contributed by atoms with van der Waals surface area (Å²) in [5, 5.41) is 0. The number of nitrogens with two attached hydrogens (primary N) is 2. The maximum atomic E-state index is 4.93. The Hall–Kier alpha value is 0.420. The van der Waals surface area contributed by atoms with Crippen molar-refractivity contribution in [3.8, 4) is 0 Å². The Morgan fingerprint density at radius 3 is 1.75 bits per heavy atom. The first-order valence-corrected chi connectivity index (χ1v) is 2.36. The molecule has 0 spiro atoms. The predicted molar refractivity (Wildman–Crippen MR) is 32.0 cm³/mol. The zero-order chi connectivity index (χ0) is 6.83. The van der Waals surface area contributed by atoms with Gasteiger partial charge in [-0.1, -0.05) is 0 Å². The van der Waals surface area contributed by atoms with Crippen LogP contribution in [0.5, 0.6) is 0 Å². The minimum absolute atomic E-state index is 0.444. The summed E-state index contributed by atoms with van der Waals surface area (Å²) < 4.78 is 3.19. The van der Waals surface area contributed by atoms with E-state index in [2.05, 4.69) is 38.3 Å². The van der Waals surface area contributed by atoms with Crippen LogP contribution in [0.1, 0.15) is 0 Å². The SMILES string of the molecule is ClOCl.NCCON. The molecule has 0 aliphatic rings. The molecule has 0 saturated carbocycles. The van der Waals surface area contributed by atoms with Crippen molar-refractivity contribution in [3.05, 3.63) is 0 Å². The molecule has 0 aromatic heterocycles. The van der Waals surface area contributed by atoms with E-state index in [1.54, 1.807) is 0 Å². The van der Waals surface area contributed by atoms with Gasteiger partial charge in [0.1, 0.15) is 0 Å². The molecule has 0 fully saturated rings. The van der Waals surface area contributed by atoms with Crippen molar-refractivity contribution in [3.63, 3.8) is 0 Å². The standard InChI is InChI=1S/C2H8N2O.Cl2O/c3-1-2-5-4;1-3-2/h1-4H2;. The van der Waals surface area contributed by atoms with Crippen molar-refractivity contribution < 1.29 is 8.68 Å². The molecule has 52 valence electrons. The van der Waals surface area contributed by atoms with Gasteiger partial charge in [-0.25, -0.2) is 5.90 Å². The van der Waals surface area contributed by atoms with Gasteiger partial charge < -0.3 is 10.6 Å². The zero-order valence-electron chi connectivity index (χ0n) is 4.14. The van der Waals surface area contributed by atoms with Crippen molar-refractivity contribution in [2.24, 2.45) is 11.6 Å². The van der Waals surface area contributed by atoms with Crippen LogP contribution in [0.15, 0.2) is 0 Å². The summed E-state index contributed by atoms with van der Waals surface area (Å²) in [4.78, 5) is 4.07. The molecule has 0 aliphatic heterocycles. The fourth-order valence-corrected chi connectivity index (χ4v) is 0.0680. The van der Waals surface area contributed by atoms with E-state index in [4.69, 9.17) is 5.73 Å². The van der Waals surface area contributed by atoms with E-state index in [9.17, 15) is 0 Å². The molecule has 0 aliphatic carbocycles. The molecule has 4 N–H and O–H groups in total. The zero-order valence-corrected chi connectivity index (χ0v) is 5.65. The molecule has 0 atom stereocenters. The van der Waals surface area contributed by atoms with Crippen LogP contribution in [0.4, 0.5) is 0 Å². The Morgan fingerprint density at radius 1 is 1.38 bits per heavy atom. The minimum Gasteiger partial charge on any atom is -0.328 e. The molecule has 0 aromatic rings. The van der Waals surface area contributed by atoms with Gasteiger partial charge in [-0.15, -0.1) is 0 Å². The second kappa shape index (κ2) is 15.7. The Morgan fingerprint density at radius 2 is 1.75 bits per heavy atom. The lowest BCUT2D eigenvalue weighted by atomic mass is 10.8. The summed E-state index contributed by atoms with van der Waals surface area (Å²) in [6.07, 6.45) is 0. The summed E-state index contributed by atoms with van der Waals surface area (Å²) in [6.45, 7) is 0.941. The summed E-state index contributed by atoms with van der Waals surface area (Å²) in [6, 6.07) is 0. The van der Waals surface area contributed by atoms with E-state index >= 15 is 0 Å². The van der Waals surface area contributed by atoms with Crippen LogP contribution >= 0.6 is 23.7 Å². The summed E-state index contributed by atoms with van der Waals surface area (Å²) in [5.74, 6) is 4.56. The van der Waals surface area contributed by atoms with Crippen LogP contribution in [-0.4, -0.2) is 13.2 Å². The molecule has 0 amide bonds. The normalized spacial score (nSPS) is 7.50. The maximum absolute atomic E-state index is 4.93. The average molecular weight is 163 g/mol. The van der Waals surface area contributed by atoms with E-state index in [-0.39, 0.29) is 0 Å². The second-order valence-corrected chi connectivity index (χ2v) is 1.18. The maximum Gasteiger partial charge on any atom is 0.0832 e. The van der Waals surface area contributed by atoms with E-state index in [0.717, 1.165) is 0 Å². The first-order chi connectivity index (χ1) is 3.83. The Balaban J connectivity index is 0. The quantitative estimate of drug-likeness (QED) is 0.568. The molecule has 6 heteroatoms.